The molecule has 2 rings (SSSR count). The standard InChI is InChI=1S/C9H6BrNO2S/c1-5(12)7-4-11-9(14-7)6-2-3-8(10)13-6/h2-4H,1H3. The van der Waals surface area contributed by atoms with Crippen LogP contribution in [0.15, 0.2) is 27.4 Å². The molecule has 0 aliphatic rings. The van der Waals surface area contributed by atoms with Crippen LogP contribution in [0.5, 0.6) is 0 Å². The van der Waals surface area contributed by atoms with Crippen LogP contribution in [-0.4, -0.2) is 10.8 Å². The zero-order chi connectivity index (χ0) is 10.1. The Balaban J connectivity index is 2.38. The number of Topliss-reactive ketones (excluding diaryl/α,β-unsaturated/α-hetero) is 1. The van der Waals surface area contributed by atoms with E-state index < -0.39 is 0 Å². The Labute approximate surface area is 92.9 Å². The van der Waals surface area contributed by atoms with Crippen LogP contribution < -0.4 is 0 Å². The van der Waals surface area contributed by atoms with Gasteiger partial charge in [0.15, 0.2) is 21.2 Å². The van der Waals surface area contributed by atoms with E-state index in [0.29, 0.717) is 15.3 Å². The highest BCUT2D eigenvalue weighted by molar-refractivity contribution is 9.10. The second kappa shape index (κ2) is 3.67. The van der Waals surface area contributed by atoms with Gasteiger partial charge in [0.05, 0.1) is 4.88 Å². The van der Waals surface area contributed by atoms with Crippen LogP contribution in [0.3, 0.4) is 0 Å². The Kier molecular flexibility index (Phi) is 2.52. The number of halogens is 1. The normalized spacial score (nSPS) is 10.4. The predicted molar refractivity (Wildman–Crippen MR) is 57.5 cm³/mol. The zero-order valence-corrected chi connectivity index (χ0v) is 9.68. The summed E-state index contributed by atoms with van der Waals surface area (Å²) in [6, 6.07) is 3.61. The Morgan fingerprint density at radius 2 is 2.36 bits per heavy atom. The van der Waals surface area contributed by atoms with Gasteiger partial charge in [-0.1, -0.05) is 0 Å². The largest absolute Gasteiger partial charge is 0.447 e. The summed E-state index contributed by atoms with van der Waals surface area (Å²) >= 11 is 4.54. The van der Waals surface area contributed by atoms with E-state index in [4.69, 9.17) is 4.42 Å². The summed E-state index contributed by atoms with van der Waals surface area (Å²) < 4.78 is 5.98. The van der Waals surface area contributed by atoms with E-state index in [1.54, 1.807) is 12.3 Å². The third kappa shape index (κ3) is 1.78. The molecule has 3 nitrogen and oxygen atoms in total. The van der Waals surface area contributed by atoms with Crippen molar-refractivity contribution in [1.29, 1.82) is 0 Å². The van der Waals surface area contributed by atoms with Crippen LogP contribution in [-0.2, 0) is 0 Å². The molecule has 0 aliphatic heterocycles. The highest BCUT2D eigenvalue weighted by Gasteiger charge is 2.10. The summed E-state index contributed by atoms with van der Waals surface area (Å²) in [6.45, 7) is 1.52. The molecular formula is C9H6BrNO2S. The summed E-state index contributed by atoms with van der Waals surface area (Å²) in [6.07, 6.45) is 1.57. The molecule has 0 aliphatic carbocycles. The number of hydrogen-bond acceptors (Lipinski definition) is 4. The SMILES string of the molecule is CC(=O)c1cnc(-c2ccc(Br)o2)s1. The maximum absolute atomic E-state index is 11.0. The van der Waals surface area contributed by atoms with E-state index in [2.05, 4.69) is 20.9 Å². The lowest BCUT2D eigenvalue weighted by atomic mass is 10.4. The molecule has 0 radical (unpaired) electrons. The molecule has 0 amide bonds. The smallest absolute Gasteiger partial charge is 0.171 e. The fourth-order valence-electron chi connectivity index (χ4n) is 0.980. The van der Waals surface area contributed by atoms with Gasteiger partial charge in [0.25, 0.3) is 0 Å². The lowest BCUT2D eigenvalue weighted by Crippen LogP contribution is -1.83. The molecular weight excluding hydrogens is 266 g/mol. The molecule has 0 unspecified atom stereocenters. The van der Waals surface area contributed by atoms with E-state index in [-0.39, 0.29) is 5.78 Å². The molecule has 2 heterocycles. The van der Waals surface area contributed by atoms with Crippen LogP contribution in [0.4, 0.5) is 0 Å². The highest BCUT2D eigenvalue weighted by Crippen LogP contribution is 2.28. The maximum atomic E-state index is 11.0. The molecule has 0 atom stereocenters. The first kappa shape index (κ1) is 9.61. The summed E-state index contributed by atoms with van der Waals surface area (Å²) in [4.78, 5) is 15.8. The number of thiazole rings is 1. The summed E-state index contributed by atoms with van der Waals surface area (Å²) in [5.74, 6) is 0.703. The molecule has 0 N–H and O–H groups in total. The highest BCUT2D eigenvalue weighted by atomic mass is 79.9. The van der Waals surface area contributed by atoms with E-state index in [1.165, 1.54) is 18.3 Å². The third-order valence-corrected chi connectivity index (χ3v) is 3.18. The number of nitrogens with zero attached hydrogens (tertiary/aromatic N) is 1. The molecule has 2 aromatic heterocycles. The fourth-order valence-corrected chi connectivity index (χ4v) is 2.06. The second-order valence-electron chi connectivity index (χ2n) is 2.69. The van der Waals surface area contributed by atoms with Gasteiger partial charge in [-0.05, 0) is 28.1 Å². The van der Waals surface area contributed by atoms with Gasteiger partial charge in [0.1, 0.15) is 0 Å². The van der Waals surface area contributed by atoms with Crippen molar-refractivity contribution in [1.82, 2.24) is 4.98 Å². The Hall–Kier alpha value is -0.940. The molecule has 0 fully saturated rings. The first-order valence-corrected chi connectivity index (χ1v) is 5.50. The minimum atomic E-state index is 0.0272. The van der Waals surface area contributed by atoms with Crippen molar-refractivity contribution >= 4 is 33.0 Å². The van der Waals surface area contributed by atoms with Gasteiger partial charge >= 0.3 is 0 Å². The van der Waals surface area contributed by atoms with Crippen LogP contribution in [0.2, 0.25) is 0 Å². The average molecular weight is 272 g/mol. The number of rotatable bonds is 2. The molecule has 0 saturated carbocycles. The van der Waals surface area contributed by atoms with Crippen molar-refractivity contribution in [3.8, 4) is 10.8 Å². The number of furan rings is 1. The van der Waals surface area contributed by atoms with Crippen molar-refractivity contribution in [2.45, 2.75) is 6.92 Å². The number of aromatic nitrogens is 1. The van der Waals surface area contributed by atoms with Gasteiger partial charge in [0.2, 0.25) is 0 Å². The second-order valence-corrected chi connectivity index (χ2v) is 4.50. The first-order chi connectivity index (χ1) is 6.66. The van der Waals surface area contributed by atoms with Crippen molar-refractivity contribution in [2.24, 2.45) is 0 Å². The molecule has 5 heteroatoms. The number of carbonyl (C=O) groups is 1. The minimum absolute atomic E-state index is 0.0272. The lowest BCUT2D eigenvalue weighted by Gasteiger charge is -1.86. The van der Waals surface area contributed by atoms with Gasteiger partial charge < -0.3 is 4.42 Å². The van der Waals surface area contributed by atoms with E-state index in [9.17, 15) is 4.79 Å². The van der Waals surface area contributed by atoms with Crippen molar-refractivity contribution in [3.05, 3.63) is 27.9 Å². The van der Waals surface area contributed by atoms with Gasteiger partial charge in [-0.15, -0.1) is 11.3 Å². The predicted octanol–water partition coefficient (Wildman–Crippen LogP) is 3.37. The zero-order valence-electron chi connectivity index (χ0n) is 7.28. The summed E-state index contributed by atoms with van der Waals surface area (Å²) in [7, 11) is 0. The molecule has 0 saturated heterocycles. The maximum Gasteiger partial charge on any atom is 0.171 e. The quantitative estimate of drug-likeness (QED) is 0.787. The summed E-state index contributed by atoms with van der Waals surface area (Å²) in [5, 5.41) is 0.723. The van der Waals surface area contributed by atoms with Crippen molar-refractivity contribution in [3.63, 3.8) is 0 Å². The molecule has 0 aromatic carbocycles. The minimum Gasteiger partial charge on any atom is -0.447 e. The molecule has 14 heavy (non-hydrogen) atoms. The van der Waals surface area contributed by atoms with Crippen LogP contribution in [0, 0.1) is 0 Å². The topological polar surface area (TPSA) is 43.1 Å². The molecule has 2 aromatic rings. The molecule has 0 spiro atoms. The lowest BCUT2D eigenvalue weighted by molar-refractivity contribution is 0.102. The van der Waals surface area contributed by atoms with E-state index >= 15 is 0 Å². The number of hydrogen-bond donors (Lipinski definition) is 0. The average Bonchev–Trinajstić information content (AvgIpc) is 2.70. The Morgan fingerprint density at radius 1 is 1.57 bits per heavy atom. The van der Waals surface area contributed by atoms with Gasteiger partial charge in [-0.25, -0.2) is 4.98 Å². The number of ketones is 1. The first-order valence-electron chi connectivity index (χ1n) is 3.89. The Bertz CT molecular complexity index is 475. The fraction of sp³-hybridized carbons (Fsp3) is 0.111. The van der Waals surface area contributed by atoms with Gasteiger partial charge in [-0.2, -0.15) is 0 Å². The molecule has 0 bridgehead atoms. The molecule has 72 valence electrons. The summed E-state index contributed by atoms with van der Waals surface area (Å²) in [5.41, 5.74) is 0. The monoisotopic (exact) mass is 271 g/mol. The van der Waals surface area contributed by atoms with E-state index in [0.717, 1.165) is 5.01 Å². The van der Waals surface area contributed by atoms with Crippen molar-refractivity contribution in [2.75, 3.05) is 0 Å². The van der Waals surface area contributed by atoms with E-state index in [1.807, 2.05) is 6.07 Å². The van der Waals surface area contributed by atoms with Gasteiger partial charge in [-0.3, -0.25) is 4.79 Å². The van der Waals surface area contributed by atoms with Gasteiger partial charge in [0, 0.05) is 13.1 Å². The van der Waals surface area contributed by atoms with Crippen molar-refractivity contribution < 1.29 is 9.21 Å². The van der Waals surface area contributed by atoms with Crippen LogP contribution >= 0.6 is 27.3 Å². The van der Waals surface area contributed by atoms with Crippen LogP contribution in [0.1, 0.15) is 16.6 Å². The Morgan fingerprint density at radius 3 is 2.86 bits per heavy atom. The van der Waals surface area contributed by atoms with Crippen LogP contribution in [0.25, 0.3) is 10.8 Å². The third-order valence-electron chi connectivity index (χ3n) is 1.64. The number of carbonyl (C=O) groups excluding carboxylic acids is 1.